The van der Waals surface area contributed by atoms with Crippen LogP contribution in [0.25, 0.3) is 0 Å². The Morgan fingerprint density at radius 3 is 2.00 bits per heavy atom. The minimum absolute atomic E-state index is 0.194. The van der Waals surface area contributed by atoms with Crippen LogP contribution >= 0.6 is 0 Å². The summed E-state index contributed by atoms with van der Waals surface area (Å²) in [6.07, 6.45) is 0.726. The molecule has 2 aromatic carbocycles. The molecule has 0 aliphatic rings. The lowest BCUT2D eigenvalue weighted by molar-refractivity contribution is 0.0912. The van der Waals surface area contributed by atoms with Gasteiger partial charge in [-0.2, -0.15) is 0 Å². The Labute approximate surface area is 148 Å². The number of carbonyl (C=O) groups excluding carboxylic acids is 1. The highest BCUT2D eigenvalue weighted by Crippen LogP contribution is 2.38. The second-order valence-corrected chi connectivity index (χ2v) is 6.41. The van der Waals surface area contributed by atoms with Gasteiger partial charge in [0.1, 0.15) is 0 Å². The fraction of sp³-hybridized carbons (Fsp3) is 0.350. The number of benzene rings is 2. The molecule has 5 nitrogen and oxygen atoms in total. The van der Waals surface area contributed by atoms with Gasteiger partial charge in [0.05, 0.1) is 21.3 Å². The van der Waals surface area contributed by atoms with Crippen LogP contribution in [0, 0.1) is 0 Å². The van der Waals surface area contributed by atoms with E-state index in [0.29, 0.717) is 22.8 Å². The molecule has 0 radical (unpaired) electrons. The summed E-state index contributed by atoms with van der Waals surface area (Å²) in [5.74, 6) is 1.17. The van der Waals surface area contributed by atoms with Crippen LogP contribution in [0.4, 0.5) is 0 Å². The summed E-state index contributed by atoms with van der Waals surface area (Å²) in [5, 5.41) is 3.07. The molecule has 0 aromatic heterocycles. The van der Waals surface area contributed by atoms with E-state index in [4.69, 9.17) is 14.2 Å². The average molecular weight is 343 g/mol. The van der Waals surface area contributed by atoms with Crippen molar-refractivity contribution >= 4 is 5.91 Å². The molecule has 0 fully saturated rings. The van der Waals surface area contributed by atoms with Crippen LogP contribution < -0.4 is 19.5 Å². The summed E-state index contributed by atoms with van der Waals surface area (Å²) in [4.78, 5) is 12.7. The van der Waals surface area contributed by atoms with Crippen LogP contribution in [0.5, 0.6) is 17.2 Å². The first-order valence-electron chi connectivity index (χ1n) is 8.06. The highest BCUT2D eigenvalue weighted by molar-refractivity contribution is 5.96. The molecule has 0 aliphatic carbocycles. The van der Waals surface area contributed by atoms with E-state index in [1.165, 1.54) is 21.3 Å². The Morgan fingerprint density at radius 1 is 0.960 bits per heavy atom. The van der Waals surface area contributed by atoms with E-state index in [1.54, 1.807) is 12.1 Å². The molecule has 1 amide bonds. The predicted octanol–water partition coefficient (Wildman–Crippen LogP) is 3.46. The Bertz CT molecular complexity index is 701. The topological polar surface area (TPSA) is 56.8 Å². The first kappa shape index (κ1) is 18.6. The molecule has 0 saturated heterocycles. The van der Waals surface area contributed by atoms with E-state index in [0.717, 1.165) is 12.0 Å². The molecule has 2 aromatic rings. The van der Waals surface area contributed by atoms with Crippen molar-refractivity contribution in [2.45, 2.75) is 25.8 Å². The molecule has 1 N–H and O–H groups in total. The van der Waals surface area contributed by atoms with Gasteiger partial charge < -0.3 is 19.5 Å². The average Bonchev–Trinajstić information content (AvgIpc) is 2.60. The quantitative estimate of drug-likeness (QED) is 0.836. The maximum atomic E-state index is 12.7. The number of rotatable bonds is 7. The molecule has 0 heterocycles. The lowest BCUT2D eigenvalue weighted by atomic mass is 9.94. The van der Waals surface area contributed by atoms with E-state index < -0.39 is 5.54 Å². The zero-order valence-electron chi connectivity index (χ0n) is 15.4. The van der Waals surface area contributed by atoms with Crippen LogP contribution in [0.1, 0.15) is 29.8 Å². The van der Waals surface area contributed by atoms with Crippen molar-refractivity contribution in [2.75, 3.05) is 21.3 Å². The first-order valence-corrected chi connectivity index (χ1v) is 8.06. The SMILES string of the molecule is COc1cc(C(=O)NC(C)(C)Cc2ccccc2)cc(OC)c1OC. The van der Waals surface area contributed by atoms with Gasteiger partial charge in [-0.3, -0.25) is 4.79 Å². The number of hydrogen-bond donors (Lipinski definition) is 1. The Kier molecular flexibility index (Phi) is 5.91. The Morgan fingerprint density at radius 2 is 1.52 bits per heavy atom. The maximum Gasteiger partial charge on any atom is 0.251 e. The smallest absolute Gasteiger partial charge is 0.251 e. The summed E-state index contributed by atoms with van der Waals surface area (Å²) in [5.41, 5.74) is 1.21. The van der Waals surface area contributed by atoms with E-state index >= 15 is 0 Å². The molecular formula is C20H25NO4. The van der Waals surface area contributed by atoms with Crippen LogP contribution in [0.2, 0.25) is 0 Å². The molecule has 0 unspecified atom stereocenters. The second-order valence-electron chi connectivity index (χ2n) is 6.41. The van der Waals surface area contributed by atoms with Gasteiger partial charge in [0.15, 0.2) is 11.5 Å². The number of methoxy groups -OCH3 is 3. The molecule has 134 valence electrons. The molecule has 5 heteroatoms. The molecule has 2 rings (SSSR count). The third-order valence-electron chi connectivity index (χ3n) is 3.87. The highest BCUT2D eigenvalue weighted by atomic mass is 16.5. The number of hydrogen-bond acceptors (Lipinski definition) is 4. The predicted molar refractivity (Wildman–Crippen MR) is 97.8 cm³/mol. The molecule has 0 spiro atoms. The second kappa shape index (κ2) is 7.92. The van der Waals surface area contributed by atoms with E-state index in [1.807, 2.05) is 44.2 Å². The summed E-state index contributed by atoms with van der Waals surface area (Å²) in [7, 11) is 4.58. The van der Waals surface area contributed by atoms with E-state index in [2.05, 4.69) is 5.32 Å². The van der Waals surface area contributed by atoms with Gasteiger partial charge in [0.2, 0.25) is 5.75 Å². The molecule has 0 bridgehead atoms. The first-order chi connectivity index (χ1) is 11.9. The standard InChI is InChI=1S/C20H25NO4/c1-20(2,13-14-9-7-6-8-10-14)21-19(22)15-11-16(23-3)18(25-5)17(12-15)24-4/h6-12H,13H2,1-5H3,(H,21,22). The van der Waals surface area contributed by atoms with E-state index in [9.17, 15) is 4.79 Å². The minimum Gasteiger partial charge on any atom is -0.493 e. The van der Waals surface area contributed by atoms with Gasteiger partial charge in [-0.15, -0.1) is 0 Å². The third-order valence-corrected chi connectivity index (χ3v) is 3.87. The van der Waals surface area contributed by atoms with Crippen molar-refractivity contribution < 1.29 is 19.0 Å². The van der Waals surface area contributed by atoms with Crippen molar-refractivity contribution in [3.05, 3.63) is 53.6 Å². The van der Waals surface area contributed by atoms with Gasteiger partial charge in [-0.1, -0.05) is 30.3 Å². The number of carbonyl (C=O) groups is 1. The van der Waals surface area contributed by atoms with Crippen molar-refractivity contribution in [1.29, 1.82) is 0 Å². The van der Waals surface area contributed by atoms with Gasteiger partial charge in [-0.25, -0.2) is 0 Å². The van der Waals surface area contributed by atoms with Crippen molar-refractivity contribution in [3.8, 4) is 17.2 Å². The van der Waals surface area contributed by atoms with Gasteiger partial charge in [-0.05, 0) is 38.0 Å². The fourth-order valence-electron chi connectivity index (χ4n) is 2.74. The van der Waals surface area contributed by atoms with Crippen molar-refractivity contribution in [1.82, 2.24) is 5.32 Å². The lowest BCUT2D eigenvalue weighted by Gasteiger charge is -2.27. The third kappa shape index (κ3) is 4.66. The lowest BCUT2D eigenvalue weighted by Crippen LogP contribution is -2.45. The Balaban J connectivity index is 2.22. The number of ether oxygens (including phenoxy) is 3. The van der Waals surface area contributed by atoms with Crippen LogP contribution in [0.3, 0.4) is 0 Å². The van der Waals surface area contributed by atoms with Gasteiger partial charge in [0.25, 0.3) is 5.91 Å². The monoisotopic (exact) mass is 343 g/mol. The van der Waals surface area contributed by atoms with Crippen molar-refractivity contribution in [2.24, 2.45) is 0 Å². The van der Waals surface area contributed by atoms with Crippen molar-refractivity contribution in [3.63, 3.8) is 0 Å². The molecule has 0 atom stereocenters. The largest absolute Gasteiger partial charge is 0.493 e. The number of amides is 1. The zero-order valence-corrected chi connectivity index (χ0v) is 15.4. The van der Waals surface area contributed by atoms with Crippen LogP contribution in [-0.4, -0.2) is 32.8 Å². The Hall–Kier alpha value is -2.69. The van der Waals surface area contributed by atoms with Crippen LogP contribution in [-0.2, 0) is 6.42 Å². The summed E-state index contributed by atoms with van der Waals surface area (Å²) >= 11 is 0. The van der Waals surface area contributed by atoms with E-state index in [-0.39, 0.29) is 5.91 Å². The fourth-order valence-corrected chi connectivity index (χ4v) is 2.74. The normalized spacial score (nSPS) is 10.9. The van der Waals surface area contributed by atoms with Gasteiger partial charge in [0, 0.05) is 11.1 Å². The van der Waals surface area contributed by atoms with Gasteiger partial charge >= 0.3 is 0 Å². The summed E-state index contributed by atoms with van der Waals surface area (Å²) < 4.78 is 15.9. The molecule has 0 saturated carbocycles. The summed E-state index contributed by atoms with van der Waals surface area (Å²) in [6.45, 7) is 3.99. The zero-order chi connectivity index (χ0) is 18.4. The highest BCUT2D eigenvalue weighted by Gasteiger charge is 2.24. The minimum atomic E-state index is -0.404. The molecule has 25 heavy (non-hydrogen) atoms. The van der Waals surface area contributed by atoms with Crippen LogP contribution in [0.15, 0.2) is 42.5 Å². The molecular weight excluding hydrogens is 318 g/mol. The molecule has 0 aliphatic heterocycles. The maximum absolute atomic E-state index is 12.7. The number of nitrogens with one attached hydrogen (secondary N) is 1. The summed E-state index contributed by atoms with van der Waals surface area (Å²) in [6, 6.07) is 13.4.